The fraction of sp³-hybridized carbons (Fsp3) is 0.533. The van der Waals surface area contributed by atoms with Crippen molar-refractivity contribution in [1.82, 2.24) is 4.90 Å². The summed E-state index contributed by atoms with van der Waals surface area (Å²) in [6, 6.07) is 8.41. The van der Waals surface area contributed by atoms with Crippen LogP contribution in [0, 0.1) is 17.2 Å². The minimum atomic E-state index is 0.327. The van der Waals surface area contributed by atoms with Crippen LogP contribution in [0.4, 0.5) is 0 Å². The van der Waals surface area contributed by atoms with Crippen LogP contribution in [0.15, 0.2) is 18.2 Å². The Morgan fingerprint density at radius 3 is 2.89 bits per heavy atom. The second-order valence-electron chi connectivity index (χ2n) is 4.93. The van der Waals surface area contributed by atoms with Crippen molar-refractivity contribution in [2.75, 3.05) is 26.7 Å². The van der Waals surface area contributed by atoms with Crippen molar-refractivity contribution < 1.29 is 4.74 Å². The van der Waals surface area contributed by atoms with Crippen LogP contribution < -0.4 is 10.5 Å². The van der Waals surface area contributed by atoms with Crippen LogP contribution in [-0.2, 0) is 0 Å². The third-order valence-electron chi connectivity index (χ3n) is 4.02. The Hall–Kier alpha value is -1.57. The first-order valence-corrected chi connectivity index (χ1v) is 6.77. The number of rotatable bonds is 4. The lowest BCUT2D eigenvalue weighted by molar-refractivity contribution is 0.241. The number of methoxy groups -OCH3 is 1. The van der Waals surface area contributed by atoms with Gasteiger partial charge in [0.1, 0.15) is 11.8 Å². The van der Waals surface area contributed by atoms with Crippen molar-refractivity contribution in [2.24, 2.45) is 11.7 Å². The molecule has 2 unspecified atom stereocenters. The molecule has 1 aliphatic heterocycles. The maximum atomic E-state index is 9.19. The Morgan fingerprint density at radius 2 is 2.32 bits per heavy atom. The van der Waals surface area contributed by atoms with Gasteiger partial charge in [-0.2, -0.15) is 5.26 Å². The van der Waals surface area contributed by atoms with Crippen molar-refractivity contribution >= 4 is 0 Å². The van der Waals surface area contributed by atoms with Crippen molar-refractivity contribution in [2.45, 2.75) is 19.4 Å². The molecule has 0 radical (unpaired) electrons. The fourth-order valence-corrected chi connectivity index (χ4v) is 3.01. The predicted molar refractivity (Wildman–Crippen MR) is 74.9 cm³/mol. The molecule has 1 aromatic carbocycles. The summed E-state index contributed by atoms with van der Waals surface area (Å²) >= 11 is 0. The fourth-order valence-electron chi connectivity index (χ4n) is 3.01. The summed E-state index contributed by atoms with van der Waals surface area (Å²) in [5, 5.41) is 9.19. The van der Waals surface area contributed by atoms with E-state index >= 15 is 0 Å². The van der Waals surface area contributed by atoms with E-state index in [4.69, 9.17) is 10.5 Å². The Kier molecular flexibility index (Phi) is 4.41. The summed E-state index contributed by atoms with van der Waals surface area (Å²) in [6.07, 6.45) is 1.13. The summed E-state index contributed by atoms with van der Waals surface area (Å²) in [4.78, 5) is 2.43. The Labute approximate surface area is 114 Å². The summed E-state index contributed by atoms with van der Waals surface area (Å²) in [5.74, 6) is 1.11. The average molecular weight is 259 g/mol. The van der Waals surface area contributed by atoms with Gasteiger partial charge in [-0.3, -0.25) is 4.90 Å². The van der Waals surface area contributed by atoms with Gasteiger partial charge in [-0.05, 0) is 49.7 Å². The molecule has 1 saturated heterocycles. The summed E-state index contributed by atoms with van der Waals surface area (Å²) in [5.41, 5.74) is 7.66. The van der Waals surface area contributed by atoms with E-state index < -0.39 is 0 Å². The van der Waals surface area contributed by atoms with Crippen LogP contribution in [0.5, 0.6) is 5.75 Å². The minimum absolute atomic E-state index is 0.327. The van der Waals surface area contributed by atoms with Gasteiger partial charge in [-0.25, -0.2) is 0 Å². The minimum Gasteiger partial charge on any atom is -0.495 e. The molecule has 102 valence electrons. The van der Waals surface area contributed by atoms with Gasteiger partial charge in [-0.1, -0.05) is 13.0 Å². The molecule has 0 amide bonds. The molecule has 19 heavy (non-hydrogen) atoms. The normalized spacial score (nSPS) is 23.3. The lowest BCUT2D eigenvalue weighted by Gasteiger charge is -2.27. The second kappa shape index (κ2) is 6.05. The Morgan fingerprint density at radius 1 is 1.53 bits per heavy atom. The highest BCUT2D eigenvalue weighted by molar-refractivity contribution is 5.46. The van der Waals surface area contributed by atoms with Crippen LogP contribution in [0.1, 0.15) is 30.5 Å². The zero-order valence-electron chi connectivity index (χ0n) is 11.6. The van der Waals surface area contributed by atoms with Gasteiger partial charge in [0, 0.05) is 6.04 Å². The van der Waals surface area contributed by atoms with Gasteiger partial charge >= 0.3 is 0 Å². The van der Waals surface area contributed by atoms with Crippen molar-refractivity contribution in [3.8, 4) is 11.8 Å². The van der Waals surface area contributed by atoms with E-state index in [0.717, 1.165) is 19.5 Å². The molecular formula is C15H21N3O. The van der Waals surface area contributed by atoms with E-state index in [0.29, 0.717) is 29.8 Å². The number of nitrogens with zero attached hydrogens (tertiary/aromatic N) is 2. The zero-order chi connectivity index (χ0) is 13.8. The van der Waals surface area contributed by atoms with Crippen LogP contribution in [0.3, 0.4) is 0 Å². The average Bonchev–Trinajstić information content (AvgIpc) is 2.89. The molecule has 0 bridgehead atoms. The maximum Gasteiger partial charge on any atom is 0.136 e. The monoisotopic (exact) mass is 259 g/mol. The Balaban J connectivity index is 2.37. The zero-order valence-corrected chi connectivity index (χ0v) is 11.6. The highest BCUT2D eigenvalue weighted by Gasteiger charge is 2.33. The van der Waals surface area contributed by atoms with Crippen molar-refractivity contribution in [1.29, 1.82) is 5.26 Å². The SMILES string of the molecule is CCN1CCC(CN)C1c1ccc(OC)c(C#N)c1. The molecule has 2 N–H and O–H groups in total. The molecule has 2 rings (SSSR count). The number of ether oxygens (including phenoxy) is 1. The van der Waals surface area contributed by atoms with Crippen LogP contribution in [0.25, 0.3) is 0 Å². The van der Waals surface area contributed by atoms with Gasteiger partial charge in [0.15, 0.2) is 0 Å². The van der Waals surface area contributed by atoms with Crippen molar-refractivity contribution in [3.63, 3.8) is 0 Å². The molecule has 1 fully saturated rings. The number of benzene rings is 1. The van der Waals surface area contributed by atoms with Gasteiger partial charge in [0.2, 0.25) is 0 Å². The first-order valence-electron chi connectivity index (χ1n) is 6.77. The smallest absolute Gasteiger partial charge is 0.136 e. The third kappa shape index (κ3) is 2.58. The topological polar surface area (TPSA) is 62.3 Å². The van der Waals surface area contributed by atoms with Crippen LogP contribution in [-0.4, -0.2) is 31.6 Å². The highest BCUT2D eigenvalue weighted by Crippen LogP contribution is 2.37. The lowest BCUT2D eigenvalue weighted by atomic mass is 9.92. The molecule has 1 heterocycles. The van der Waals surface area contributed by atoms with E-state index in [9.17, 15) is 5.26 Å². The quantitative estimate of drug-likeness (QED) is 0.897. The van der Waals surface area contributed by atoms with Crippen molar-refractivity contribution in [3.05, 3.63) is 29.3 Å². The van der Waals surface area contributed by atoms with Gasteiger partial charge in [-0.15, -0.1) is 0 Å². The van der Waals surface area contributed by atoms with Crippen LogP contribution >= 0.6 is 0 Å². The van der Waals surface area contributed by atoms with Gasteiger partial charge in [0.25, 0.3) is 0 Å². The largest absolute Gasteiger partial charge is 0.495 e. The number of nitriles is 1. The number of hydrogen-bond donors (Lipinski definition) is 1. The summed E-state index contributed by atoms with van der Waals surface area (Å²) < 4.78 is 5.20. The van der Waals surface area contributed by atoms with E-state index in [1.54, 1.807) is 7.11 Å². The molecule has 1 aromatic rings. The summed E-state index contributed by atoms with van der Waals surface area (Å²) in [7, 11) is 1.59. The van der Waals surface area contributed by atoms with Crippen LogP contribution in [0.2, 0.25) is 0 Å². The molecule has 4 nitrogen and oxygen atoms in total. The van der Waals surface area contributed by atoms with E-state index in [1.807, 2.05) is 12.1 Å². The number of nitrogens with two attached hydrogens (primary N) is 1. The number of likely N-dealkylation sites (tertiary alicyclic amines) is 1. The molecule has 0 saturated carbocycles. The van der Waals surface area contributed by atoms with Gasteiger partial charge in [0.05, 0.1) is 12.7 Å². The molecular weight excluding hydrogens is 238 g/mol. The molecule has 2 atom stereocenters. The third-order valence-corrected chi connectivity index (χ3v) is 4.02. The molecule has 4 heteroatoms. The molecule has 1 aliphatic rings. The second-order valence-corrected chi connectivity index (χ2v) is 4.93. The van der Waals surface area contributed by atoms with Gasteiger partial charge < -0.3 is 10.5 Å². The lowest BCUT2D eigenvalue weighted by Crippen LogP contribution is -2.28. The molecule has 0 aliphatic carbocycles. The first-order chi connectivity index (χ1) is 9.24. The molecule has 0 spiro atoms. The summed E-state index contributed by atoms with van der Waals surface area (Å²) in [6.45, 7) is 4.95. The van der Waals surface area contributed by atoms with E-state index in [-0.39, 0.29) is 0 Å². The molecule has 0 aromatic heterocycles. The maximum absolute atomic E-state index is 9.19. The first kappa shape index (κ1) is 13.9. The number of hydrogen-bond acceptors (Lipinski definition) is 4. The Bertz CT molecular complexity index is 469. The standard InChI is InChI=1S/C15H21N3O/c1-3-18-7-6-12(9-16)15(18)11-4-5-14(19-2)13(8-11)10-17/h4-5,8,12,15H,3,6-7,9,16H2,1-2H3. The van der Waals surface area contributed by atoms with E-state index in [1.165, 1.54) is 5.56 Å². The predicted octanol–water partition coefficient (Wildman–Crippen LogP) is 1.91. The highest BCUT2D eigenvalue weighted by atomic mass is 16.5. The van der Waals surface area contributed by atoms with E-state index in [2.05, 4.69) is 24.0 Å².